The van der Waals surface area contributed by atoms with Gasteiger partial charge in [0.1, 0.15) is 48.3 Å². The fraction of sp³-hybridized carbons (Fsp3) is 0.620. The van der Waals surface area contributed by atoms with Crippen molar-refractivity contribution < 1.29 is 83.1 Å². The molecule has 0 spiro atoms. The monoisotopic (exact) mass is 1130 g/mol. The zero-order chi connectivity index (χ0) is 60.1. The molecule has 80 heavy (non-hydrogen) atoms. The Morgan fingerprint density at radius 1 is 0.600 bits per heavy atom. The summed E-state index contributed by atoms with van der Waals surface area (Å²) < 4.78 is 0. The van der Waals surface area contributed by atoms with Crippen LogP contribution in [0.25, 0.3) is 0 Å². The van der Waals surface area contributed by atoms with Gasteiger partial charge in [0.2, 0.25) is 47.3 Å². The summed E-state index contributed by atoms with van der Waals surface area (Å²) >= 11 is 0. The fourth-order valence-electron chi connectivity index (χ4n) is 8.37. The molecule has 1 aromatic carbocycles. The van der Waals surface area contributed by atoms with Crippen LogP contribution in [-0.2, 0) is 64.0 Å². The minimum Gasteiger partial charge on any atom is -0.481 e. The van der Waals surface area contributed by atoms with Gasteiger partial charge in [-0.2, -0.15) is 0 Å². The lowest BCUT2D eigenvalue weighted by Gasteiger charge is -2.31. The number of likely N-dealkylation sites (tertiary alicyclic amines) is 1. The maximum atomic E-state index is 14.3. The Balaban J connectivity index is 2.41. The van der Waals surface area contributed by atoms with Crippen molar-refractivity contribution >= 4 is 77.1 Å². The van der Waals surface area contributed by atoms with Gasteiger partial charge in [0.15, 0.2) is 5.96 Å². The largest absolute Gasteiger partial charge is 0.481 e. The second-order valence-electron chi connectivity index (χ2n) is 19.6. The number of carboxylic acid groups (broad SMARTS) is 4. The first-order chi connectivity index (χ1) is 37.8. The molecule has 30 nitrogen and oxygen atoms in total. The lowest BCUT2D eigenvalue weighted by atomic mass is 10.0. The predicted octanol–water partition coefficient (Wildman–Crippen LogP) is -4.16. The molecule has 1 heterocycles. The van der Waals surface area contributed by atoms with E-state index in [-0.39, 0.29) is 82.9 Å². The Morgan fingerprint density at radius 3 is 1.60 bits per heavy atom. The van der Waals surface area contributed by atoms with Crippen molar-refractivity contribution in [1.82, 2.24) is 42.1 Å². The number of nitrogens with zero attached hydrogens (tertiary/aromatic N) is 2. The number of nitrogens with two attached hydrogens (primary N) is 4. The lowest BCUT2D eigenvalue weighted by molar-refractivity contribution is -0.145. The van der Waals surface area contributed by atoms with E-state index in [1.807, 2.05) is 0 Å². The van der Waals surface area contributed by atoms with E-state index in [2.05, 4.69) is 42.2 Å². The highest BCUT2D eigenvalue weighted by Crippen LogP contribution is 2.21. The zero-order valence-corrected chi connectivity index (χ0v) is 44.9. The molecule has 0 saturated carbocycles. The SMILES string of the molecule is CC(C)C[C@H](NC(=O)[C@H](CCC(=O)O)NC(=O)[C@@H]1CCCN1C(=O)[C@H](CCC(=O)O)NC(=O)[C@H](CCCCN)NC(=O)[C@H](CO)NC(=O)[C@H](Cc1ccccc1)NC(=O)[C@H](CCC(=O)O)NC(=O)[C@@H](N)CCCN=C(N)N)C(=O)O. The van der Waals surface area contributed by atoms with Crippen LogP contribution < -0.4 is 60.2 Å². The van der Waals surface area contributed by atoms with Crippen molar-refractivity contribution in [1.29, 1.82) is 0 Å². The zero-order valence-electron chi connectivity index (χ0n) is 44.9. The number of aliphatic hydroxyl groups excluding tert-OH is 1. The van der Waals surface area contributed by atoms with E-state index in [9.17, 15) is 83.1 Å². The Hall–Kier alpha value is -7.99. The van der Waals surface area contributed by atoms with Crippen molar-refractivity contribution in [3.63, 3.8) is 0 Å². The molecule has 446 valence electrons. The summed E-state index contributed by atoms with van der Waals surface area (Å²) in [6, 6.07) is -5.34. The van der Waals surface area contributed by atoms with Gasteiger partial charge in [-0.3, -0.25) is 57.7 Å². The Bertz CT molecular complexity index is 2320. The fourth-order valence-corrected chi connectivity index (χ4v) is 8.37. The summed E-state index contributed by atoms with van der Waals surface area (Å²) in [5.74, 6) is -13.6. The third kappa shape index (κ3) is 25.2. The Kier molecular flexibility index (Phi) is 30.2. The number of carbonyl (C=O) groups excluding carboxylic acids is 8. The number of nitrogens with one attached hydrogen (secondary N) is 7. The van der Waals surface area contributed by atoms with E-state index in [0.717, 1.165) is 4.90 Å². The second-order valence-corrected chi connectivity index (χ2v) is 19.6. The van der Waals surface area contributed by atoms with E-state index >= 15 is 0 Å². The van der Waals surface area contributed by atoms with Gasteiger partial charge in [-0.1, -0.05) is 44.2 Å². The number of hydrogen-bond acceptors (Lipinski definition) is 16. The molecular weight excluding hydrogens is 1050 g/mol. The predicted molar refractivity (Wildman–Crippen MR) is 284 cm³/mol. The Labute approximate surface area is 461 Å². The number of amides is 8. The highest BCUT2D eigenvalue weighted by atomic mass is 16.4. The average Bonchev–Trinajstić information content (AvgIpc) is 3.90. The summed E-state index contributed by atoms with van der Waals surface area (Å²) in [4.78, 5) is 162. The van der Waals surface area contributed by atoms with Crippen LogP contribution in [0, 0.1) is 5.92 Å². The van der Waals surface area contributed by atoms with E-state index in [0.29, 0.717) is 12.0 Å². The van der Waals surface area contributed by atoms with Gasteiger partial charge in [-0.15, -0.1) is 0 Å². The smallest absolute Gasteiger partial charge is 0.326 e. The van der Waals surface area contributed by atoms with Crippen LogP contribution >= 0.6 is 0 Å². The molecule has 1 aliphatic rings. The van der Waals surface area contributed by atoms with Crippen LogP contribution in [0.4, 0.5) is 0 Å². The lowest BCUT2D eigenvalue weighted by Crippen LogP contribution is -2.61. The van der Waals surface area contributed by atoms with Gasteiger partial charge in [0.05, 0.1) is 12.6 Å². The van der Waals surface area contributed by atoms with Crippen LogP contribution in [0.1, 0.15) is 109 Å². The molecule has 30 heteroatoms. The maximum Gasteiger partial charge on any atom is 0.326 e. The van der Waals surface area contributed by atoms with E-state index < -0.39 is 171 Å². The first kappa shape index (κ1) is 68.1. The number of unbranched alkanes of at least 4 members (excludes halogenated alkanes) is 1. The highest BCUT2D eigenvalue weighted by molar-refractivity contribution is 5.98. The number of carboxylic acids is 4. The van der Waals surface area contributed by atoms with Crippen molar-refractivity contribution in [3.8, 4) is 0 Å². The molecule has 9 atom stereocenters. The summed E-state index contributed by atoms with van der Waals surface area (Å²) in [7, 11) is 0. The molecular formula is C50H79N13O17. The molecule has 1 fully saturated rings. The molecule has 20 N–H and O–H groups in total. The number of aliphatic hydroxyl groups is 1. The molecule has 0 aliphatic carbocycles. The van der Waals surface area contributed by atoms with Gasteiger partial charge >= 0.3 is 23.9 Å². The van der Waals surface area contributed by atoms with Gasteiger partial charge in [0.25, 0.3) is 0 Å². The maximum absolute atomic E-state index is 14.3. The summed E-state index contributed by atoms with van der Waals surface area (Å²) in [5, 5.41) is 65.5. The number of rotatable bonds is 38. The molecule has 0 unspecified atom stereocenters. The first-order valence-electron chi connectivity index (χ1n) is 26.2. The normalized spacial score (nSPS) is 15.9. The van der Waals surface area contributed by atoms with Gasteiger partial charge in [0, 0.05) is 38.8 Å². The number of carbonyl (C=O) groups is 12. The standard InChI is InChI=1S/C50H79N13O17/c1-27(2)24-35(49(79)80)61-44(74)32(16-19-39(67)68)58-47(77)37-14-9-23-63(37)48(78)33(17-20-40(69)70)59-42(72)30(13-6-7-21-51)57-46(76)36(26-64)62-45(75)34(25-28-10-4-3-5-11-28)60-43(73)31(15-18-38(65)66)56-41(71)29(52)12-8-22-55-50(53)54/h3-5,10-11,27,29-37,64H,6-9,12-26,51-52H2,1-2H3,(H,56,71)(H,57,76)(H,58,77)(H,59,72)(H,60,73)(H,61,74)(H,62,75)(H,65,66)(H,67,68)(H,69,70)(H,79,80)(H4,53,54,55)/t29-,30-,31-,32-,33-,34-,35-,36-,37-/m0/s1. The van der Waals surface area contributed by atoms with Gasteiger partial charge in [-0.05, 0) is 88.7 Å². The molecule has 1 aromatic rings. The number of hydrogen-bond donors (Lipinski definition) is 16. The van der Waals surface area contributed by atoms with Crippen LogP contribution in [-0.4, -0.2) is 188 Å². The summed E-state index contributed by atoms with van der Waals surface area (Å²) in [6.07, 6.45) is -2.58. The van der Waals surface area contributed by atoms with Crippen LogP contribution in [0.15, 0.2) is 35.3 Å². The third-order valence-electron chi connectivity index (χ3n) is 12.6. The van der Waals surface area contributed by atoms with Crippen LogP contribution in [0.2, 0.25) is 0 Å². The van der Waals surface area contributed by atoms with E-state index in [4.69, 9.17) is 22.9 Å². The van der Waals surface area contributed by atoms with Crippen LogP contribution in [0.3, 0.4) is 0 Å². The highest BCUT2D eigenvalue weighted by Gasteiger charge is 2.41. The van der Waals surface area contributed by atoms with Gasteiger partial charge in [-0.25, -0.2) is 4.79 Å². The molecule has 8 amide bonds. The minimum absolute atomic E-state index is 0.00962. The van der Waals surface area contributed by atoms with E-state index in [1.165, 1.54) is 0 Å². The van der Waals surface area contributed by atoms with Crippen molar-refractivity contribution in [2.75, 3.05) is 26.2 Å². The average molecular weight is 1130 g/mol. The molecule has 0 aromatic heterocycles. The molecule has 2 rings (SSSR count). The Morgan fingerprint density at radius 2 is 1.07 bits per heavy atom. The minimum atomic E-state index is -1.82. The van der Waals surface area contributed by atoms with Crippen molar-refractivity contribution in [2.24, 2.45) is 33.8 Å². The quantitative estimate of drug-likeness (QED) is 0.0170. The van der Waals surface area contributed by atoms with Crippen molar-refractivity contribution in [3.05, 3.63) is 35.9 Å². The molecule has 0 radical (unpaired) electrons. The molecule has 1 aliphatic heterocycles. The van der Waals surface area contributed by atoms with Gasteiger partial charge < -0.3 is 90.6 Å². The van der Waals surface area contributed by atoms with Crippen LogP contribution in [0.5, 0.6) is 0 Å². The number of aliphatic carboxylic acids is 4. The topological polar surface area (TPSA) is 510 Å². The molecule has 1 saturated heterocycles. The molecule has 0 bridgehead atoms. The summed E-state index contributed by atoms with van der Waals surface area (Å²) in [5.41, 5.74) is 22.9. The first-order valence-corrected chi connectivity index (χ1v) is 26.2. The number of guanidine groups is 1. The van der Waals surface area contributed by atoms with E-state index in [1.54, 1.807) is 44.2 Å². The number of aliphatic imine (C=N–C) groups is 1. The van der Waals surface area contributed by atoms with Crippen molar-refractivity contribution in [2.45, 2.75) is 165 Å². The number of benzene rings is 1. The summed E-state index contributed by atoms with van der Waals surface area (Å²) in [6.45, 7) is 2.55. The third-order valence-corrected chi connectivity index (χ3v) is 12.6. The second kappa shape index (κ2) is 35.5.